The van der Waals surface area contributed by atoms with Crippen molar-refractivity contribution in [3.63, 3.8) is 0 Å². The summed E-state index contributed by atoms with van der Waals surface area (Å²) < 4.78 is 11.1. The lowest BCUT2D eigenvalue weighted by Crippen LogP contribution is -2.65. The Morgan fingerprint density at radius 1 is 0.878 bits per heavy atom. The Labute approximate surface area is 247 Å². The number of fused-ring (bicyclic) bond motifs is 3. The van der Waals surface area contributed by atoms with Gasteiger partial charge in [0.25, 0.3) is 8.32 Å². The van der Waals surface area contributed by atoms with E-state index in [4.69, 9.17) is 9.47 Å². The van der Waals surface area contributed by atoms with Gasteiger partial charge < -0.3 is 19.4 Å². The molecular formula is C35H47NO4Si. The van der Waals surface area contributed by atoms with Gasteiger partial charge in [-0.2, -0.15) is 0 Å². The molecule has 0 unspecified atom stereocenters. The SMILES string of the molecule is COc1cc2c(cc1OC)[C@H]1C[C@@H](O)[C@H](CCCCCC(C)(C)[Si](O)(c3ccccc3)c3ccccc3)CN1CC2. The third-order valence-corrected chi connectivity index (χ3v) is 14.4. The van der Waals surface area contributed by atoms with Crippen LogP contribution in [0.15, 0.2) is 72.8 Å². The van der Waals surface area contributed by atoms with Gasteiger partial charge in [0.1, 0.15) is 0 Å². The molecule has 5 rings (SSSR count). The topological polar surface area (TPSA) is 62.2 Å². The predicted molar refractivity (Wildman–Crippen MR) is 169 cm³/mol. The molecule has 0 radical (unpaired) electrons. The third kappa shape index (κ3) is 5.98. The Morgan fingerprint density at radius 2 is 1.49 bits per heavy atom. The van der Waals surface area contributed by atoms with Crippen LogP contribution in [0.2, 0.25) is 5.04 Å². The highest BCUT2D eigenvalue weighted by Gasteiger charge is 2.49. The van der Waals surface area contributed by atoms with Crippen LogP contribution < -0.4 is 19.8 Å². The van der Waals surface area contributed by atoms with Gasteiger partial charge >= 0.3 is 0 Å². The lowest BCUT2D eigenvalue weighted by atomic mass is 9.80. The van der Waals surface area contributed by atoms with Gasteiger partial charge in [0.2, 0.25) is 0 Å². The second-order valence-electron chi connectivity index (χ2n) is 12.7. The monoisotopic (exact) mass is 573 g/mol. The highest BCUT2D eigenvalue weighted by atomic mass is 28.4. The number of aliphatic hydroxyl groups is 1. The second kappa shape index (κ2) is 12.7. The van der Waals surface area contributed by atoms with Crippen molar-refractivity contribution in [1.29, 1.82) is 0 Å². The van der Waals surface area contributed by atoms with Crippen LogP contribution in [0.1, 0.15) is 69.5 Å². The predicted octanol–water partition coefficient (Wildman–Crippen LogP) is 5.47. The van der Waals surface area contributed by atoms with Crippen molar-refractivity contribution in [2.75, 3.05) is 27.3 Å². The molecule has 5 nitrogen and oxygen atoms in total. The van der Waals surface area contributed by atoms with Crippen molar-refractivity contribution in [2.24, 2.45) is 5.92 Å². The maximum atomic E-state index is 12.4. The molecule has 0 saturated carbocycles. The van der Waals surface area contributed by atoms with Crippen LogP contribution in [-0.2, 0) is 6.42 Å². The molecule has 6 heteroatoms. The molecule has 2 aliphatic heterocycles. The van der Waals surface area contributed by atoms with Crippen molar-refractivity contribution in [2.45, 2.75) is 76.0 Å². The zero-order valence-electron chi connectivity index (χ0n) is 25.2. The summed E-state index contributed by atoms with van der Waals surface area (Å²) in [5, 5.41) is 13.1. The van der Waals surface area contributed by atoms with E-state index < -0.39 is 8.32 Å². The zero-order chi connectivity index (χ0) is 29.0. The van der Waals surface area contributed by atoms with Gasteiger partial charge in [-0.05, 0) is 70.3 Å². The molecule has 0 bridgehead atoms. The standard InChI is InChI=1S/C35H47NO4Si/c1-35(2,41(38,28-15-9-5-10-16-28)29-17-11-6-12-18-29)20-13-7-8-14-27-25-36-21-19-26-22-33(39-3)34(40-4)23-30(26)31(36)24-32(27)37/h5-6,9-12,15-18,22-23,27,31-32,37-38H,7-8,13-14,19-21,24-25H2,1-4H3/t27-,31-,32-/m1/s1. The van der Waals surface area contributed by atoms with Crippen molar-refractivity contribution >= 4 is 18.7 Å². The number of ether oxygens (including phenoxy) is 2. The zero-order valence-corrected chi connectivity index (χ0v) is 26.2. The minimum Gasteiger partial charge on any atom is -0.493 e. The molecular weight excluding hydrogens is 526 g/mol. The molecule has 41 heavy (non-hydrogen) atoms. The normalized spacial score (nSPS) is 21.2. The first-order valence-electron chi connectivity index (χ1n) is 15.3. The number of hydrogen-bond acceptors (Lipinski definition) is 5. The molecule has 3 aromatic rings. The molecule has 1 saturated heterocycles. The Bertz CT molecular complexity index is 1240. The van der Waals surface area contributed by atoms with Crippen LogP contribution in [0.3, 0.4) is 0 Å². The molecule has 0 amide bonds. The van der Waals surface area contributed by atoms with Gasteiger partial charge in [-0.3, -0.25) is 4.90 Å². The summed E-state index contributed by atoms with van der Waals surface area (Å²) in [6, 6.07) is 25.1. The molecule has 1 fully saturated rings. The lowest BCUT2D eigenvalue weighted by molar-refractivity contribution is -0.0158. The molecule has 0 spiro atoms. The molecule has 2 heterocycles. The summed E-state index contributed by atoms with van der Waals surface area (Å²) in [6.45, 7) is 6.47. The van der Waals surface area contributed by atoms with Gasteiger partial charge in [0, 0.05) is 19.1 Å². The van der Waals surface area contributed by atoms with E-state index in [0.29, 0.717) is 5.92 Å². The largest absolute Gasteiger partial charge is 0.493 e. The fraction of sp³-hybridized carbons (Fsp3) is 0.486. The Morgan fingerprint density at radius 3 is 2.10 bits per heavy atom. The summed E-state index contributed by atoms with van der Waals surface area (Å²) in [4.78, 5) is 15.0. The van der Waals surface area contributed by atoms with Crippen LogP contribution in [0.25, 0.3) is 0 Å². The molecule has 0 aromatic heterocycles. The minimum absolute atomic E-state index is 0.210. The maximum Gasteiger partial charge on any atom is 0.258 e. The highest BCUT2D eigenvalue weighted by Crippen LogP contribution is 2.44. The molecule has 220 valence electrons. The number of piperidine rings is 1. The molecule has 2 N–H and O–H groups in total. The van der Waals surface area contributed by atoms with Crippen LogP contribution >= 0.6 is 0 Å². The van der Waals surface area contributed by atoms with Gasteiger partial charge in [0.05, 0.1) is 20.3 Å². The van der Waals surface area contributed by atoms with Crippen molar-refractivity contribution in [1.82, 2.24) is 4.90 Å². The number of nitrogens with zero attached hydrogens (tertiary/aromatic N) is 1. The van der Waals surface area contributed by atoms with Crippen LogP contribution in [0.5, 0.6) is 11.5 Å². The van der Waals surface area contributed by atoms with E-state index >= 15 is 0 Å². The van der Waals surface area contributed by atoms with E-state index in [1.165, 1.54) is 11.1 Å². The minimum atomic E-state index is -2.96. The lowest BCUT2D eigenvalue weighted by Gasteiger charge is -2.46. The van der Waals surface area contributed by atoms with E-state index in [1.54, 1.807) is 14.2 Å². The Hall–Kier alpha value is -2.64. The van der Waals surface area contributed by atoms with Gasteiger partial charge in [-0.15, -0.1) is 0 Å². The molecule has 3 atom stereocenters. The number of hydrogen-bond donors (Lipinski definition) is 2. The Kier molecular flexibility index (Phi) is 9.24. The first-order chi connectivity index (χ1) is 19.8. The summed E-state index contributed by atoms with van der Waals surface area (Å²) in [5.74, 6) is 1.86. The van der Waals surface area contributed by atoms with E-state index in [2.05, 4.69) is 55.1 Å². The summed E-state index contributed by atoms with van der Waals surface area (Å²) in [5.41, 5.74) is 2.59. The summed E-state index contributed by atoms with van der Waals surface area (Å²) in [7, 11) is 0.411. The number of rotatable bonds is 11. The average molecular weight is 574 g/mol. The molecule has 0 aliphatic carbocycles. The fourth-order valence-electron chi connectivity index (χ4n) is 7.34. The number of methoxy groups -OCH3 is 2. The first-order valence-corrected chi connectivity index (χ1v) is 17.2. The first kappa shape index (κ1) is 29.8. The summed E-state index contributed by atoms with van der Waals surface area (Å²) in [6.07, 6.45) is 6.80. The van der Waals surface area contributed by atoms with Crippen molar-refractivity contribution in [3.05, 3.63) is 83.9 Å². The van der Waals surface area contributed by atoms with Crippen molar-refractivity contribution < 1.29 is 19.4 Å². The third-order valence-electron chi connectivity index (χ3n) is 9.83. The van der Waals surface area contributed by atoms with E-state index in [1.807, 2.05) is 36.4 Å². The van der Waals surface area contributed by atoms with E-state index in [-0.39, 0.29) is 17.2 Å². The van der Waals surface area contributed by atoms with Gasteiger partial charge in [0.15, 0.2) is 11.5 Å². The second-order valence-corrected chi connectivity index (χ2v) is 16.6. The van der Waals surface area contributed by atoms with Crippen LogP contribution in [0.4, 0.5) is 0 Å². The number of unbranched alkanes of at least 4 members (excludes halogenated alkanes) is 2. The average Bonchev–Trinajstić information content (AvgIpc) is 3.00. The van der Waals surface area contributed by atoms with Crippen LogP contribution in [-0.4, -0.2) is 56.5 Å². The van der Waals surface area contributed by atoms with Gasteiger partial charge in [-0.25, -0.2) is 0 Å². The fourth-order valence-corrected chi connectivity index (χ4v) is 11.1. The number of aliphatic hydroxyl groups excluding tert-OH is 1. The smallest absolute Gasteiger partial charge is 0.258 e. The quantitative estimate of drug-likeness (QED) is 0.235. The van der Waals surface area contributed by atoms with E-state index in [9.17, 15) is 9.90 Å². The maximum absolute atomic E-state index is 12.4. The molecule has 2 aliphatic rings. The Balaban J connectivity index is 1.18. The summed E-state index contributed by atoms with van der Waals surface area (Å²) >= 11 is 0. The molecule has 3 aromatic carbocycles. The number of benzene rings is 3. The van der Waals surface area contributed by atoms with E-state index in [0.717, 1.165) is 79.9 Å². The van der Waals surface area contributed by atoms with Crippen LogP contribution in [0, 0.1) is 5.92 Å². The van der Waals surface area contributed by atoms with Crippen molar-refractivity contribution in [3.8, 4) is 11.5 Å². The highest BCUT2D eigenvalue weighted by molar-refractivity contribution is 6.98. The van der Waals surface area contributed by atoms with Gasteiger partial charge in [-0.1, -0.05) is 93.8 Å².